The Hall–Kier alpha value is -5.30. The number of alkyl carbamates (subject to hydrolysis) is 2. The molecule has 3 saturated heterocycles. The number of fused-ring (bicyclic) bond motifs is 5. The second kappa shape index (κ2) is 17.5. The number of ether oxygens (including phenoxy) is 2. The van der Waals surface area contributed by atoms with Crippen LogP contribution in [0, 0.1) is 23.7 Å². The van der Waals surface area contributed by atoms with Gasteiger partial charge in [-0.05, 0) is 101 Å². The van der Waals surface area contributed by atoms with E-state index in [1.165, 1.54) is 47.6 Å². The van der Waals surface area contributed by atoms with Crippen LogP contribution >= 0.6 is 0 Å². The molecule has 0 spiro atoms. The molecule has 2 aromatic rings. The van der Waals surface area contributed by atoms with Crippen molar-refractivity contribution in [3.8, 4) is 11.1 Å². The first kappa shape index (κ1) is 43.4. The predicted molar refractivity (Wildman–Crippen MR) is 241 cm³/mol. The quantitative estimate of drug-likeness (QED) is 0.235. The number of hydrogen-bond acceptors (Lipinski definition) is 9. The van der Waals surface area contributed by atoms with Gasteiger partial charge in [0.2, 0.25) is 11.8 Å². The van der Waals surface area contributed by atoms with Gasteiger partial charge in [-0.1, -0.05) is 77.9 Å². The highest BCUT2D eigenvalue weighted by molar-refractivity contribution is 6.05. The van der Waals surface area contributed by atoms with Gasteiger partial charge in [0.05, 0.1) is 26.3 Å². The maximum absolute atomic E-state index is 14.0. The highest BCUT2D eigenvalue weighted by Gasteiger charge is 2.46. The highest BCUT2D eigenvalue weighted by atomic mass is 16.5. The van der Waals surface area contributed by atoms with Crippen molar-refractivity contribution in [3.63, 3.8) is 0 Å². The topological polar surface area (TPSA) is 145 Å². The van der Waals surface area contributed by atoms with E-state index in [-0.39, 0.29) is 35.7 Å². The first-order valence-electron chi connectivity index (χ1n) is 22.5. The summed E-state index contributed by atoms with van der Waals surface area (Å²) in [5.41, 5.74) is 12.0. The second-order valence-corrected chi connectivity index (χ2v) is 19.2. The molecule has 0 saturated carbocycles. The van der Waals surface area contributed by atoms with Crippen molar-refractivity contribution in [1.82, 2.24) is 25.3 Å². The minimum atomic E-state index is -0.674. The molecule has 0 aromatic heterocycles. The van der Waals surface area contributed by atoms with Gasteiger partial charge in [-0.2, -0.15) is 0 Å². The fraction of sp³-hybridized carbons (Fsp3) is 0.551. The summed E-state index contributed by atoms with van der Waals surface area (Å²) in [5, 5.41) is 5.53. The summed E-state index contributed by atoms with van der Waals surface area (Å²) in [7, 11) is 4.88. The zero-order valence-corrected chi connectivity index (χ0v) is 37.7. The van der Waals surface area contributed by atoms with Gasteiger partial charge < -0.3 is 29.9 Å². The van der Waals surface area contributed by atoms with Crippen LogP contribution in [0.15, 0.2) is 58.8 Å². The van der Waals surface area contributed by atoms with Gasteiger partial charge >= 0.3 is 12.2 Å². The number of carbonyl (C=O) groups is 4. The largest absolute Gasteiger partial charge is 0.453 e. The summed E-state index contributed by atoms with van der Waals surface area (Å²) < 4.78 is 9.68. The third kappa shape index (κ3) is 7.97. The molecule has 2 bridgehead atoms. The van der Waals surface area contributed by atoms with Gasteiger partial charge in [0.25, 0.3) is 0 Å². The fourth-order valence-corrected chi connectivity index (χ4v) is 11.0. The number of aliphatic imine (C=N–C) groups is 2. The van der Waals surface area contributed by atoms with Crippen molar-refractivity contribution >= 4 is 46.6 Å². The molecule has 2 aromatic carbocycles. The number of allylic oxidation sites excluding steroid dienone is 2. The summed E-state index contributed by atoms with van der Waals surface area (Å²) in [6.45, 7) is 13.3. The molecule has 6 aliphatic heterocycles. The number of nitrogens with zero attached hydrogens (tertiary/aromatic N) is 5. The first-order chi connectivity index (χ1) is 29.7. The Kier molecular flexibility index (Phi) is 12.2. The van der Waals surface area contributed by atoms with Crippen LogP contribution in [0.25, 0.3) is 22.3 Å². The third-order valence-electron chi connectivity index (χ3n) is 14.2. The van der Waals surface area contributed by atoms with Crippen LogP contribution in [-0.4, -0.2) is 109 Å². The van der Waals surface area contributed by atoms with Crippen LogP contribution in [0.1, 0.15) is 114 Å². The summed E-state index contributed by atoms with van der Waals surface area (Å²) in [6.07, 6.45) is 8.06. The van der Waals surface area contributed by atoms with Crippen molar-refractivity contribution in [2.24, 2.45) is 33.7 Å². The van der Waals surface area contributed by atoms with Gasteiger partial charge in [0.1, 0.15) is 12.1 Å². The zero-order valence-electron chi connectivity index (χ0n) is 37.7. The maximum atomic E-state index is 14.0. The molecule has 6 aliphatic rings. The minimum Gasteiger partial charge on any atom is -0.453 e. The van der Waals surface area contributed by atoms with Crippen molar-refractivity contribution in [1.29, 1.82) is 0 Å². The minimum absolute atomic E-state index is 0.0866. The molecular formula is C49H63N7O6. The van der Waals surface area contributed by atoms with Crippen LogP contribution in [0.5, 0.6) is 0 Å². The molecule has 2 unspecified atom stereocenters. The smallest absolute Gasteiger partial charge is 0.407 e. The van der Waals surface area contributed by atoms with Gasteiger partial charge in [-0.25, -0.2) is 9.59 Å². The molecule has 8 rings (SSSR count). The lowest BCUT2D eigenvalue weighted by atomic mass is 9.80. The highest BCUT2D eigenvalue weighted by Crippen LogP contribution is 2.57. The van der Waals surface area contributed by atoms with E-state index in [4.69, 9.17) is 19.5 Å². The molecule has 13 nitrogen and oxygen atoms in total. The Labute approximate surface area is 366 Å². The molecule has 62 heavy (non-hydrogen) atoms. The van der Waals surface area contributed by atoms with Crippen molar-refractivity contribution in [2.75, 3.05) is 34.4 Å². The monoisotopic (exact) mass is 845 g/mol. The third-order valence-corrected chi connectivity index (χ3v) is 14.2. The number of amides is 4. The number of rotatable bonds is 11. The average Bonchev–Trinajstić information content (AvgIpc) is 4.13. The molecule has 13 heteroatoms. The lowest BCUT2D eigenvalue weighted by Gasteiger charge is -2.31. The Morgan fingerprint density at radius 1 is 0.629 bits per heavy atom. The van der Waals surface area contributed by atoms with Crippen LogP contribution < -0.4 is 10.6 Å². The zero-order chi connectivity index (χ0) is 44.1. The number of methoxy groups -OCH3 is 2. The Morgan fingerprint density at radius 3 is 1.55 bits per heavy atom. The Bertz CT molecular complexity index is 2240. The average molecular weight is 846 g/mol. The SMILES string of the molecule is COC(=O)N[C@H](C(=O)N1C[C@@H](C)C[C@H]1C1=NC=C(c2ccc(-c3ccc(C4=CN=C([C@@H]5C[C@H](C)CN5C(=O)[C@H](NC(=O)OC)C(C)C)C4)cc3)c3c2C2CCC3N2C)C1)C(C)C. The molecule has 8 atom stereocenters. The Balaban J connectivity index is 0.980. The van der Waals surface area contributed by atoms with E-state index in [0.29, 0.717) is 49.9 Å². The summed E-state index contributed by atoms with van der Waals surface area (Å²) >= 11 is 0. The van der Waals surface area contributed by atoms with E-state index in [1.54, 1.807) is 0 Å². The van der Waals surface area contributed by atoms with Crippen molar-refractivity contribution < 1.29 is 28.7 Å². The van der Waals surface area contributed by atoms with Gasteiger partial charge in [0.15, 0.2) is 0 Å². The number of likely N-dealkylation sites (tertiary alicyclic amines) is 2. The molecular weight excluding hydrogens is 783 g/mol. The van der Waals surface area contributed by atoms with Crippen LogP contribution in [0.2, 0.25) is 0 Å². The maximum Gasteiger partial charge on any atom is 0.407 e. The normalized spacial score (nSPS) is 26.3. The Morgan fingerprint density at radius 2 is 1.06 bits per heavy atom. The number of benzene rings is 2. The van der Waals surface area contributed by atoms with E-state index in [0.717, 1.165) is 48.2 Å². The van der Waals surface area contributed by atoms with E-state index in [1.807, 2.05) is 49.9 Å². The molecule has 0 aliphatic carbocycles. The molecule has 6 heterocycles. The number of nitrogens with one attached hydrogen (secondary N) is 2. The van der Waals surface area contributed by atoms with Crippen molar-refractivity contribution in [2.45, 2.75) is 116 Å². The molecule has 330 valence electrons. The van der Waals surface area contributed by atoms with Crippen LogP contribution in [0.3, 0.4) is 0 Å². The lowest BCUT2D eigenvalue weighted by molar-refractivity contribution is -0.135. The number of hydrogen-bond donors (Lipinski definition) is 2. The molecule has 0 radical (unpaired) electrons. The number of carbonyl (C=O) groups excluding carboxylic acids is 4. The van der Waals surface area contributed by atoms with Gasteiger partial charge in [-0.15, -0.1) is 0 Å². The molecule has 3 fully saturated rings. The molecule has 2 N–H and O–H groups in total. The van der Waals surface area contributed by atoms with Crippen molar-refractivity contribution in [3.05, 3.63) is 71.1 Å². The van der Waals surface area contributed by atoms with Crippen LogP contribution in [-0.2, 0) is 19.1 Å². The second-order valence-electron chi connectivity index (χ2n) is 19.2. The predicted octanol–water partition coefficient (Wildman–Crippen LogP) is 7.78. The summed E-state index contributed by atoms with van der Waals surface area (Å²) in [6, 6.07) is 12.5. The van der Waals surface area contributed by atoms with Gasteiger partial charge in [0, 0.05) is 61.8 Å². The first-order valence-corrected chi connectivity index (χ1v) is 22.5. The lowest BCUT2D eigenvalue weighted by Crippen LogP contribution is -2.53. The van der Waals surface area contributed by atoms with E-state index < -0.39 is 24.3 Å². The summed E-state index contributed by atoms with van der Waals surface area (Å²) in [4.78, 5) is 68.4. The standard InChI is InChI=1S/C49H63N7O6/c1-26(2)44(52-48(59)61-8)46(57)55-24-28(5)18-40(55)36-20-32(22-50-36)30-10-12-31(13-11-30)34-14-15-35(43-39-17-16-38(42(34)43)54(39)7)33-21-37(51-23-33)41-19-29(6)25-56(41)47(58)45(27(3)4)53-49(60)62-9/h10-15,22-23,26-29,38-41,44-45H,16-21,24-25H2,1-9H3,(H,52,59)(H,53,60)/t28-,29-,38?,39?,40-,41-,44+,45-/m0/s1. The van der Waals surface area contributed by atoms with Crippen LogP contribution in [0.4, 0.5) is 9.59 Å². The van der Waals surface area contributed by atoms with E-state index in [9.17, 15) is 19.2 Å². The summed E-state index contributed by atoms with van der Waals surface area (Å²) in [5.74, 6) is 0.269. The fourth-order valence-electron chi connectivity index (χ4n) is 11.0. The van der Waals surface area contributed by atoms with E-state index in [2.05, 4.69) is 72.8 Å². The van der Waals surface area contributed by atoms with Gasteiger partial charge in [-0.3, -0.25) is 24.5 Å². The molecule has 4 amide bonds. The van der Waals surface area contributed by atoms with E-state index >= 15 is 0 Å².